The number of allylic oxidation sites excluding steroid dienone is 1. The Kier molecular flexibility index (Phi) is 5.57. The average Bonchev–Trinajstić information content (AvgIpc) is 2.24. The fourth-order valence-electron chi connectivity index (χ4n) is 1.22. The Bertz CT molecular complexity index is 451. The molecule has 2 N–H and O–H groups in total. The third-order valence-electron chi connectivity index (χ3n) is 2.31. The zero-order chi connectivity index (χ0) is 18.1. The van der Waals surface area contributed by atoms with Crippen LogP contribution in [0.3, 0.4) is 0 Å². The van der Waals surface area contributed by atoms with Crippen molar-refractivity contribution in [2.24, 2.45) is 0 Å². The first-order valence-corrected chi connectivity index (χ1v) is 5.30. The second-order valence-electron chi connectivity index (χ2n) is 4.30. The van der Waals surface area contributed by atoms with Crippen LogP contribution in [-0.2, 0) is 4.79 Å². The molecule has 22 heavy (non-hydrogen) atoms. The van der Waals surface area contributed by atoms with Gasteiger partial charge in [-0.25, -0.2) is 4.79 Å². The van der Waals surface area contributed by atoms with Crippen molar-refractivity contribution in [2.45, 2.75) is 43.4 Å². The van der Waals surface area contributed by atoms with Crippen molar-refractivity contribution < 1.29 is 54.5 Å². The van der Waals surface area contributed by atoms with Crippen molar-refractivity contribution in [3.8, 4) is 0 Å². The molecule has 130 valence electrons. The van der Waals surface area contributed by atoms with E-state index in [0.717, 1.165) is 6.92 Å². The summed E-state index contributed by atoms with van der Waals surface area (Å²) in [5.41, 5.74) is -1.64. The van der Waals surface area contributed by atoms with Gasteiger partial charge >= 0.3 is 29.9 Å². The van der Waals surface area contributed by atoms with Crippen LogP contribution >= 0.6 is 0 Å². The van der Waals surface area contributed by atoms with Crippen LogP contribution in [0.5, 0.6) is 0 Å². The van der Waals surface area contributed by atoms with E-state index in [2.05, 4.69) is 0 Å². The van der Waals surface area contributed by atoms with Gasteiger partial charge in [0.15, 0.2) is 0 Å². The fourth-order valence-corrected chi connectivity index (χ4v) is 1.22. The molecule has 0 heterocycles. The molecule has 0 aliphatic carbocycles. The van der Waals surface area contributed by atoms with Crippen LogP contribution in [0, 0.1) is 0 Å². The molecule has 3 nitrogen and oxygen atoms in total. The minimum absolute atomic E-state index is 0.859. The number of carboxylic acids is 1. The maximum absolute atomic E-state index is 13.1. The van der Waals surface area contributed by atoms with Crippen molar-refractivity contribution >= 4 is 5.97 Å². The van der Waals surface area contributed by atoms with Crippen LogP contribution in [0.2, 0.25) is 0 Å². The molecule has 0 saturated carbocycles. The number of rotatable bonds is 6. The molecule has 0 aromatic rings. The van der Waals surface area contributed by atoms with Crippen molar-refractivity contribution in [3.63, 3.8) is 0 Å². The molecule has 0 aromatic heterocycles. The smallest absolute Gasteiger partial charge is 0.460 e. The van der Waals surface area contributed by atoms with E-state index in [9.17, 15) is 44.3 Å². The molecular weight excluding hydrogens is 339 g/mol. The topological polar surface area (TPSA) is 57.5 Å². The Morgan fingerprint density at radius 2 is 1.41 bits per heavy atom. The highest BCUT2D eigenvalue weighted by Crippen LogP contribution is 2.53. The van der Waals surface area contributed by atoms with Crippen LogP contribution in [-0.4, -0.2) is 46.2 Å². The van der Waals surface area contributed by atoms with E-state index in [-0.39, 0.29) is 0 Å². The summed E-state index contributed by atoms with van der Waals surface area (Å²) < 4.78 is 113. The summed E-state index contributed by atoms with van der Waals surface area (Å²) in [4.78, 5) is 10.5. The lowest BCUT2D eigenvalue weighted by atomic mass is 9.99. The lowest BCUT2D eigenvalue weighted by Gasteiger charge is -2.32. The van der Waals surface area contributed by atoms with Gasteiger partial charge in [0, 0.05) is 18.1 Å². The van der Waals surface area contributed by atoms with Gasteiger partial charge < -0.3 is 10.2 Å². The van der Waals surface area contributed by atoms with E-state index in [1.54, 1.807) is 0 Å². The molecular formula is C10H9F9O3. The lowest BCUT2D eigenvalue weighted by molar-refractivity contribution is -0.388. The first kappa shape index (κ1) is 20.5. The van der Waals surface area contributed by atoms with Gasteiger partial charge in [-0.05, 0) is 6.92 Å². The molecule has 0 aliphatic heterocycles. The Balaban J connectivity index is 5.93. The number of halogens is 9. The predicted octanol–water partition coefficient (Wildman–Crippen LogP) is 3.24. The van der Waals surface area contributed by atoms with Gasteiger partial charge in [0.1, 0.15) is 0 Å². The quantitative estimate of drug-likeness (QED) is 0.572. The number of hydrogen-bond donors (Lipinski definition) is 2. The highest BCUT2D eigenvalue weighted by atomic mass is 19.4. The molecule has 0 spiro atoms. The third-order valence-corrected chi connectivity index (χ3v) is 2.31. The highest BCUT2D eigenvalue weighted by Gasteiger charge is 2.81. The van der Waals surface area contributed by atoms with E-state index in [4.69, 9.17) is 10.2 Å². The average molecular weight is 348 g/mol. The third kappa shape index (κ3) is 3.84. The van der Waals surface area contributed by atoms with Gasteiger partial charge in [-0.1, -0.05) is 0 Å². The number of carbonyl (C=O) groups is 1. The molecule has 0 aliphatic rings. The fraction of sp³-hybridized carbons (Fsp3) is 0.700. The molecule has 0 saturated heterocycles. The summed E-state index contributed by atoms with van der Waals surface area (Å²) >= 11 is 0. The monoisotopic (exact) mass is 348 g/mol. The molecule has 0 radical (unpaired) electrons. The predicted molar refractivity (Wildman–Crippen MR) is 52.9 cm³/mol. The molecule has 1 unspecified atom stereocenters. The number of carboxylic acid groups (broad SMARTS) is 1. The van der Waals surface area contributed by atoms with Gasteiger partial charge in [0.25, 0.3) is 0 Å². The Morgan fingerprint density at radius 1 is 1.00 bits per heavy atom. The van der Waals surface area contributed by atoms with Gasteiger partial charge in [-0.15, -0.1) is 0 Å². The van der Waals surface area contributed by atoms with Crippen LogP contribution in [0.25, 0.3) is 0 Å². The second kappa shape index (κ2) is 5.97. The number of aliphatic hydroxyl groups is 1. The minimum atomic E-state index is -7.10. The van der Waals surface area contributed by atoms with E-state index >= 15 is 0 Å². The zero-order valence-electron chi connectivity index (χ0n) is 10.6. The first-order valence-electron chi connectivity index (χ1n) is 5.30. The summed E-state index contributed by atoms with van der Waals surface area (Å²) in [6.07, 6.45) is -11.0. The van der Waals surface area contributed by atoms with Gasteiger partial charge in [-0.3, -0.25) is 0 Å². The molecule has 0 fully saturated rings. The SMILES string of the molecule is CC(O)CC(=CC(F)(F)C(F)(F)C(F)(F)C(F)(F)F)C(=O)O. The maximum Gasteiger partial charge on any atom is 0.460 e. The number of aliphatic carboxylic acids is 1. The van der Waals surface area contributed by atoms with E-state index in [1.807, 2.05) is 0 Å². The van der Waals surface area contributed by atoms with E-state index in [0.29, 0.717) is 0 Å². The van der Waals surface area contributed by atoms with Crippen molar-refractivity contribution in [1.29, 1.82) is 0 Å². The molecule has 12 heteroatoms. The number of hydrogen-bond acceptors (Lipinski definition) is 2. The maximum atomic E-state index is 13.1. The normalized spacial score (nSPS) is 16.6. The first-order chi connectivity index (χ1) is 9.47. The zero-order valence-corrected chi connectivity index (χ0v) is 10.6. The Morgan fingerprint density at radius 3 is 1.68 bits per heavy atom. The van der Waals surface area contributed by atoms with Gasteiger partial charge in [0.05, 0.1) is 6.10 Å². The van der Waals surface area contributed by atoms with Gasteiger partial charge in [-0.2, -0.15) is 39.5 Å². The van der Waals surface area contributed by atoms with Gasteiger partial charge in [0.2, 0.25) is 0 Å². The van der Waals surface area contributed by atoms with Crippen LogP contribution in [0.4, 0.5) is 39.5 Å². The van der Waals surface area contributed by atoms with Crippen molar-refractivity contribution in [2.75, 3.05) is 0 Å². The second-order valence-corrected chi connectivity index (χ2v) is 4.30. The molecule has 0 aromatic carbocycles. The number of aliphatic hydroxyl groups excluding tert-OH is 1. The summed E-state index contributed by atoms with van der Waals surface area (Å²) in [5.74, 6) is -22.5. The summed E-state index contributed by atoms with van der Waals surface area (Å²) in [6, 6.07) is 0. The van der Waals surface area contributed by atoms with E-state index in [1.165, 1.54) is 0 Å². The van der Waals surface area contributed by atoms with Crippen LogP contribution < -0.4 is 0 Å². The standard InChI is InChI=1S/C10H9F9O3/c1-4(20)2-5(6(21)22)3-7(11,12)8(13,14)9(15,16)10(17,18)19/h3-4,20H,2H2,1H3,(H,21,22). The largest absolute Gasteiger partial charge is 0.478 e. The minimum Gasteiger partial charge on any atom is -0.478 e. The summed E-state index contributed by atoms with van der Waals surface area (Å²) in [5, 5.41) is 17.2. The highest BCUT2D eigenvalue weighted by molar-refractivity contribution is 5.86. The molecule has 0 amide bonds. The summed E-state index contributed by atoms with van der Waals surface area (Å²) in [7, 11) is 0. The van der Waals surface area contributed by atoms with Crippen LogP contribution in [0.1, 0.15) is 13.3 Å². The molecule has 0 rings (SSSR count). The van der Waals surface area contributed by atoms with E-state index < -0.39 is 54.1 Å². The summed E-state index contributed by atoms with van der Waals surface area (Å²) in [6.45, 7) is 0.859. The number of alkyl halides is 9. The van der Waals surface area contributed by atoms with Crippen molar-refractivity contribution in [1.82, 2.24) is 0 Å². The van der Waals surface area contributed by atoms with Crippen molar-refractivity contribution in [3.05, 3.63) is 11.6 Å². The Hall–Kier alpha value is -1.46. The molecule has 1 atom stereocenters. The Labute approximate surface area is 117 Å². The van der Waals surface area contributed by atoms with Crippen LogP contribution in [0.15, 0.2) is 11.6 Å². The lowest BCUT2D eigenvalue weighted by Crippen LogP contribution is -2.60. The molecule has 0 bridgehead atoms.